The molecule has 2 aliphatic rings. The van der Waals surface area contributed by atoms with Gasteiger partial charge in [-0.2, -0.15) is 4.31 Å². The minimum absolute atomic E-state index is 0.0135. The normalized spacial score (nSPS) is 22.6. The summed E-state index contributed by atoms with van der Waals surface area (Å²) in [4.78, 5) is 24.8. The molecule has 3 rings (SSSR count). The Morgan fingerprint density at radius 3 is 2.72 bits per heavy atom. The highest BCUT2D eigenvalue weighted by atomic mass is 35.5. The summed E-state index contributed by atoms with van der Waals surface area (Å²) in [6.07, 6.45) is 0.565. The van der Waals surface area contributed by atoms with Gasteiger partial charge in [0.05, 0.1) is 4.90 Å². The van der Waals surface area contributed by atoms with Crippen molar-refractivity contribution in [1.29, 1.82) is 0 Å². The summed E-state index contributed by atoms with van der Waals surface area (Å²) in [6, 6.07) is 4.04. The van der Waals surface area contributed by atoms with Crippen LogP contribution >= 0.6 is 23.2 Å². The summed E-state index contributed by atoms with van der Waals surface area (Å²) in [6.45, 7) is 1.98. The molecule has 0 aromatic heterocycles. The molecule has 0 bridgehead atoms. The third-order valence-corrected chi connectivity index (χ3v) is 7.28. The molecule has 7 nitrogen and oxygen atoms in total. The van der Waals surface area contributed by atoms with Crippen LogP contribution in [0.4, 0.5) is 5.69 Å². The average molecular weight is 406 g/mol. The van der Waals surface area contributed by atoms with Crippen molar-refractivity contribution in [3.63, 3.8) is 0 Å². The summed E-state index contributed by atoms with van der Waals surface area (Å²) in [5.74, 6) is -0.717. The van der Waals surface area contributed by atoms with Gasteiger partial charge in [-0.1, -0.05) is 23.2 Å². The molecule has 25 heavy (non-hydrogen) atoms. The third-order valence-electron chi connectivity index (χ3n) is 4.67. The van der Waals surface area contributed by atoms with E-state index in [1.54, 1.807) is 11.9 Å². The molecule has 10 heteroatoms. The lowest BCUT2D eigenvalue weighted by Crippen LogP contribution is -2.38. The fourth-order valence-corrected chi connectivity index (χ4v) is 4.95. The Kier molecular flexibility index (Phi) is 4.51. The SMILES string of the molecule is CC(=O)N(C)C1CCN(S(=O)(=O)c2ccc3c(c2)C(Cl)(Cl)C(=O)N3)C1. The van der Waals surface area contributed by atoms with Gasteiger partial charge in [-0.15, -0.1) is 0 Å². The van der Waals surface area contributed by atoms with Crippen LogP contribution in [0.25, 0.3) is 0 Å². The van der Waals surface area contributed by atoms with Crippen LogP contribution in [0, 0.1) is 0 Å². The summed E-state index contributed by atoms with van der Waals surface area (Å²) in [7, 11) is -2.12. The van der Waals surface area contributed by atoms with Crippen molar-refractivity contribution >= 4 is 50.7 Å². The van der Waals surface area contributed by atoms with Gasteiger partial charge < -0.3 is 10.2 Å². The highest BCUT2D eigenvalue weighted by Gasteiger charge is 2.45. The number of carbonyl (C=O) groups is 2. The molecule has 2 amide bonds. The number of hydrogen-bond acceptors (Lipinski definition) is 4. The first kappa shape index (κ1) is 18.4. The average Bonchev–Trinajstić information content (AvgIpc) is 3.11. The molecule has 136 valence electrons. The van der Waals surface area contributed by atoms with E-state index in [1.807, 2.05) is 0 Å². The Bertz CT molecular complexity index is 856. The van der Waals surface area contributed by atoms with Gasteiger partial charge in [0.1, 0.15) is 0 Å². The van der Waals surface area contributed by atoms with Gasteiger partial charge in [0.15, 0.2) is 0 Å². The number of halogens is 2. The molecule has 2 heterocycles. The molecule has 2 aliphatic heterocycles. The standard InChI is InChI=1S/C15H17Cl2N3O4S/c1-9(21)19(2)10-5-6-20(8-10)25(23,24)11-3-4-13-12(7-11)15(16,17)14(22)18-13/h3-4,7,10H,5-6,8H2,1-2H3,(H,18,22). The van der Waals surface area contributed by atoms with Crippen molar-refractivity contribution in [3.05, 3.63) is 23.8 Å². The first-order valence-electron chi connectivity index (χ1n) is 7.62. The van der Waals surface area contributed by atoms with E-state index >= 15 is 0 Å². The van der Waals surface area contributed by atoms with Crippen molar-refractivity contribution < 1.29 is 18.0 Å². The maximum atomic E-state index is 12.9. The van der Waals surface area contributed by atoms with Crippen molar-refractivity contribution in [1.82, 2.24) is 9.21 Å². The Hall–Kier alpha value is -1.35. The maximum absolute atomic E-state index is 12.9. The molecule has 1 fully saturated rings. The van der Waals surface area contributed by atoms with Gasteiger partial charge >= 0.3 is 0 Å². The molecule has 0 spiro atoms. The first-order valence-corrected chi connectivity index (χ1v) is 9.82. The van der Waals surface area contributed by atoms with Crippen molar-refractivity contribution in [2.24, 2.45) is 0 Å². The number of amides is 2. The lowest BCUT2D eigenvalue weighted by Gasteiger charge is -2.23. The fourth-order valence-electron chi connectivity index (χ4n) is 3.03. The lowest BCUT2D eigenvalue weighted by atomic mass is 10.1. The highest BCUT2D eigenvalue weighted by Crippen LogP contribution is 2.45. The monoisotopic (exact) mass is 405 g/mol. The summed E-state index contributed by atoms with van der Waals surface area (Å²) in [5, 5.41) is 2.51. The minimum Gasteiger partial charge on any atom is -0.342 e. The summed E-state index contributed by atoms with van der Waals surface area (Å²) in [5.41, 5.74) is 0.614. The lowest BCUT2D eigenvalue weighted by molar-refractivity contribution is -0.129. The Morgan fingerprint density at radius 1 is 1.40 bits per heavy atom. The largest absolute Gasteiger partial charge is 0.342 e. The van der Waals surface area contributed by atoms with Gasteiger partial charge in [0, 0.05) is 44.4 Å². The molecule has 0 aliphatic carbocycles. The smallest absolute Gasteiger partial charge is 0.265 e. The summed E-state index contributed by atoms with van der Waals surface area (Å²) >= 11 is 12.1. The first-order chi connectivity index (χ1) is 11.5. The molecular weight excluding hydrogens is 389 g/mol. The van der Waals surface area contributed by atoms with Crippen LogP contribution in [0.5, 0.6) is 0 Å². The van der Waals surface area contributed by atoms with Gasteiger partial charge in [0.2, 0.25) is 20.3 Å². The number of nitrogens with zero attached hydrogens (tertiary/aromatic N) is 2. The van der Waals surface area contributed by atoms with Crippen molar-refractivity contribution in [2.75, 3.05) is 25.5 Å². The van der Waals surface area contributed by atoms with E-state index in [2.05, 4.69) is 5.32 Å². The number of sulfonamides is 1. The van der Waals surface area contributed by atoms with Crippen molar-refractivity contribution in [3.8, 4) is 0 Å². The topological polar surface area (TPSA) is 86.8 Å². The molecule has 1 N–H and O–H groups in total. The summed E-state index contributed by atoms with van der Waals surface area (Å²) < 4.78 is 25.3. The number of rotatable bonds is 3. The van der Waals surface area contributed by atoms with E-state index in [9.17, 15) is 18.0 Å². The molecule has 0 radical (unpaired) electrons. The third kappa shape index (κ3) is 3.01. The minimum atomic E-state index is -3.78. The van der Waals surface area contributed by atoms with Gasteiger partial charge in [-0.3, -0.25) is 9.59 Å². The molecular formula is C15H17Cl2N3O4S. The van der Waals surface area contributed by atoms with Crippen LogP contribution in [0.1, 0.15) is 18.9 Å². The molecule has 1 aromatic rings. The molecule has 1 aromatic carbocycles. The van der Waals surface area contributed by atoms with E-state index in [0.29, 0.717) is 18.7 Å². The van der Waals surface area contributed by atoms with Crippen LogP contribution in [-0.2, 0) is 23.9 Å². The number of benzene rings is 1. The number of carbonyl (C=O) groups excluding carboxylic acids is 2. The number of likely N-dealkylation sites (N-methyl/N-ethyl adjacent to an activating group) is 1. The Balaban J connectivity index is 1.89. The van der Waals surface area contributed by atoms with Crippen molar-refractivity contribution in [2.45, 2.75) is 28.6 Å². The molecule has 1 saturated heterocycles. The van der Waals surface area contributed by atoms with Crippen LogP contribution in [0.3, 0.4) is 0 Å². The second-order valence-corrected chi connectivity index (χ2v) is 9.44. The number of fused-ring (bicyclic) bond motifs is 1. The van der Waals surface area contributed by atoms with E-state index in [0.717, 1.165) is 0 Å². The predicted molar refractivity (Wildman–Crippen MR) is 94.1 cm³/mol. The Morgan fingerprint density at radius 2 is 2.08 bits per heavy atom. The zero-order chi connectivity index (χ0) is 18.6. The second kappa shape index (κ2) is 6.12. The number of hydrogen-bond donors (Lipinski definition) is 1. The molecule has 1 atom stereocenters. The second-order valence-electron chi connectivity index (χ2n) is 6.17. The number of nitrogens with one attached hydrogen (secondary N) is 1. The van der Waals surface area contributed by atoms with E-state index in [-0.39, 0.29) is 29.0 Å². The number of alkyl halides is 2. The number of anilines is 1. The van der Waals surface area contributed by atoms with E-state index in [1.165, 1.54) is 29.4 Å². The van der Waals surface area contributed by atoms with E-state index in [4.69, 9.17) is 23.2 Å². The quantitative estimate of drug-likeness (QED) is 0.772. The molecule has 0 saturated carbocycles. The van der Waals surface area contributed by atoms with Gasteiger partial charge in [0.25, 0.3) is 5.91 Å². The predicted octanol–water partition coefficient (Wildman–Crippen LogP) is 1.51. The zero-order valence-electron chi connectivity index (χ0n) is 13.6. The van der Waals surface area contributed by atoms with Crippen LogP contribution in [-0.4, -0.2) is 55.6 Å². The van der Waals surface area contributed by atoms with Crippen LogP contribution in [0.15, 0.2) is 23.1 Å². The highest BCUT2D eigenvalue weighted by molar-refractivity contribution is 7.89. The van der Waals surface area contributed by atoms with Gasteiger partial charge in [-0.25, -0.2) is 8.42 Å². The zero-order valence-corrected chi connectivity index (χ0v) is 16.0. The van der Waals surface area contributed by atoms with Crippen LogP contribution in [0.2, 0.25) is 0 Å². The Labute approximate surface area is 155 Å². The maximum Gasteiger partial charge on any atom is 0.265 e. The van der Waals surface area contributed by atoms with Gasteiger partial charge in [-0.05, 0) is 24.6 Å². The molecule has 1 unspecified atom stereocenters. The van der Waals surface area contributed by atoms with Crippen LogP contribution < -0.4 is 5.32 Å². The van der Waals surface area contributed by atoms with E-state index < -0.39 is 20.3 Å². The fraction of sp³-hybridized carbons (Fsp3) is 0.467.